The average Bonchev–Trinajstić information content (AvgIpc) is 2.71. The van der Waals surface area contributed by atoms with Crippen LogP contribution in [0, 0.1) is 11.3 Å². The van der Waals surface area contributed by atoms with Crippen molar-refractivity contribution in [2.75, 3.05) is 0 Å². The monoisotopic (exact) mass is 241 g/mol. The number of rotatable bonds is 3. The van der Waals surface area contributed by atoms with Crippen molar-refractivity contribution in [3.8, 4) is 6.07 Å². The van der Waals surface area contributed by atoms with Crippen molar-refractivity contribution >= 4 is 5.78 Å². The van der Waals surface area contributed by atoms with Crippen LogP contribution in [0.15, 0.2) is 41.5 Å². The molecular weight excluding hydrogens is 230 g/mol. The highest BCUT2D eigenvalue weighted by Crippen LogP contribution is 2.05. The first-order valence-corrected chi connectivity index (χ1v) is 5.37. The summed E-state index contributed by atoms with van der Waals surface area (Å²) in [6.45, 7) is 0.00553. The van der Waals surface area contributed by atoms with E-state index in [1.54, 1.807) is 43.7 Å². The quantitative estimate of drug-likeness (QED) is 0.751. The van der Waals surface area contributed by atoms with Crippen molar-refractivity contribution in [2.24, 2.45) is 7.05 Å². The highest BCUT2D eigenvalue weighted by Gasteiger charge is 2.09. The maximum absolute atomic E-state index is 11.9. The predicted octanol–water partition coefficient (Wildman–Crippen LogP) is 0.941. The molecule has 0 radical (unpaired) electrons. The van der Waals surface area contributed by atoms with Crippen molar-refractivity contribution in [2.45, 2.75) is 6.54 Å². The minimum Gasteiger partial charge on any atom is -0.302 e. The van der Waals surface area contributed by atoms with E-state index < -0.39 is 0 Å². The molecule has 5 heteroatoms. The molecule has 0 aliphatic heterocycles. The van der Waals surface area contributed by atoms with E-state index in [2.05, 4.69) is 0 Å². The van der Waals surface area contributed by atoms with Crippen molar-refractivity contribution in [1.29, 1.82) is 5.26 Å². The Labute approximate surface area is 104 Å². The molecule has 1 heterocycles. The summed E-state index contributed by atoms with van der Waals surface area (Å²) < 4.78 is 2.76. The summed E-state index contributed by atoms with van der Waals surface area (Å²) in [7, 11) is 1.63. The fourth-order valence-corrected chi connectivity index (χ4v) is 1.61. The van der Waals surface area contributed by atoms with Crippen LogP contribution in [0.1, 0.15) is 15.9 Å². The lowest BCUT2D eigenvalue weighted by Gasteiger charge is -2.01. The lowest BCUT2D eigenvalue weighted by atomic mass is 10.1. The number of nitrogens with zero attached hydrogens (tertiary/aromatic N) is 3. The normalized spacial score (nSPS) is 10.0. The van der Waals surface area contributed by atoms with E-state index in [1.807, 2.05) is 6.07 Å². The summed E-state index contributed by atoms with van der Waals surface area (Å²) >= 11 is 0. The Morgan fingerprint density at radius 2 is 1.94 bits per heavy atom. The number of aromatic nitrogens is 2. The van der Waals surface area contributed by atoms with Gasteiger partial charge in [-0.15, -0.1) is 0 Å². The molecule has 18 heavy (non-hydrogen) atoms. The van der Waals surface area contributed by atoms with Gasteiger partial charge in [-0.05, 0) is 12.1 Å². The molecule has 0 atom stereocenters. The maximum Gasteiger partial charge on any atom is 0.328 e. The van der Waals surface area contributed by atoms with E-state index in [9.17, 15) is 9.59 Å². The van der Waals surface area contributed by atoms with Gasteiger partial charge in [0.1, 0.15) is 0 Å². The van der Waals surface area contributed by atoms with Crippen LogP contribution in [-0.4, -0.2) is 14.9 Å². The molecule has 0 fully saturated rings. The van der Waals surface area contributed by atoms with Gasteiger partial charge in [-0.3, -0.25) is 9.36 Å². The molecule has 2 aromatic rings. The Kier molecular flexibility index (Phi) is 3.11. The highest BCUT2D eigenvalue weighted by atomic mass is 16.2. The van der Waals surface area contributed by atoms with E-state index >= 15 is 0 Å². The topological polar surface area (TPSA) is 67.8 Å². The van der Waals surface area contributed by atoms with Crippen LogP contribution >= 0.6 is 0 Å². The first-order chi connectivity index (χ1) is 8.61. The molecule has 0 saturated heterocycles. The van der Waals surface area contributed by atoms with Gasteiger partial charge in [0.05, 0.1) is 18.2 Å². The number of hydrogen-bond donors (Lipinski definition) is 0. The fourth-order valence-electron chi connectivity index (χ4n) is 1.61. The van der Waals surface area contributed by atoms with Crippen LogP contribution in [-0.2, 0) is 13.6 Å². The Morgan fingerprint density at radius 1 is 1.28 bits per heavy atom. The minimum atomic E-state index is -0.225. The third-order valence-corrected chi connectivity index (χ3v) is 2.67. The van der Waals surface area contributed by atoms with Gasteiger partial charge in [-0.1, -0.05) is 12.1 Å². The summed E-state index contributed by atoms with van der Waals surface area (Å²) in [5.41, 5.74) is 0.769. The van der Waals surface area contributed by atoms with Crippen molar-refractivity contribution < 1.29 is 4.79 Å². The van der Waals surface area contributed by atoms with Gasteiger partial charge < -0.3 is 4.57 Å². The first-order valence-electron chi connectivity index (χ1n) is 5.37. The number of ketones is 1. The summed E-state index contributed by atoms with van der Waals surface area (Å²) in [6.07, 6.45) is 3.18. The maximum atomic E-state index is 11.9. The molecule has 0 aliphatic rings. The van der Waals surface area contributed by atoms with Crippen LogP contribution in [0.5, 0.6) is 0 Å². The standard InChI is InChI=1S/C13H11N3O2/c1-15-6-7-16(13(15)18)9-12(17)11-4-2-10(8-14)3-5-11/h2-7H,9H2,1H3. The minimum absolute atomic E-state index is 0.00553. The zero-order chi connectivity index (χ0) is 13.1. The molecule has 2 rings (SSSR count). The van der Waals surface area contributed by atoms with Crippen LogP contribution < -0.4 is 5.69 Å². The van der Waals surface area contributed by atoms with Gasteiger partial charge in [0.2, 0.25) is 0 Å². The lowest BCUT2D eigenvalue weighted by molar-refractivity contribution is 0.0971. The molecule has 1 aromatic heterocycles. The number of hydrogen-bond acceptors (Lipinski definition) is 3. The molecule has 0 N–H and O–H groups in total. The van der Waals surface area contributed by atoms with E-state index in [1.165, 1.54) is 9.13 Å². The van der Waals surface area contributed by atoms with E-state index in [0.717, 1.165) is 0 Å². The highest BCUT2D eigenvalue weighted by molar-refractivity contribution is 5.95. The number of imidazole rings is 1. The number of aryl methyl sites for hydroxylation is 1. The summed E-state index contributed by atoms with van der Waals surface area (Å²) in [6, 6.07) is 8.34. The lowest BCUT2D eigenvalue weighted by Crippen LogP contribution is -2.25. The van der Waals surface area contributed by atoms with Crippen LogP contribution in [0.2, 0.25) is 0 Å². The molecule has 90 valence electrons. The van der Waals surface area contributed by atoms with Crippen molar-refractivity contribution in [3.63, 3.8) is 0 Å². The number of carbonyl (C=O) groups is 1. The summed E-state index contributed by atoms with van der Waals surface area (Å²) in [4.78, 5) is 23.5. The fraction of sp³-hybridized carbons (Fsp3) is 0.154. The molecule has 0 bridgehead atoms. The number of benzene rings is 1. The van der Waals surface area contributed by atoms with Gasteiger partial charge in [-0.25, -0.2) is 4.79 Å². The molecule has 5 nitrogen and oxygen atoms in total. The van der Waals surface area contributed by atoms with Crippen LogP contribution in [0.4, 0.5) is 0 Å². The molecular formula is C13H11N3O2. The van der Waals surface area contributed by atoms with Crippen LogP contribution in [0.25, 0.3) is 0 Å². The van der Waals surface area contributed by atoms with Crippen molar-refractivity contribution in [1.82, 2.24) is 9.13 Å². The predicted molar refractivity (Wildman–Crippen MR) is 65.2 cm³/mol. The van der Waals surface area contributed by atoms with Gasteiger partial charge in [0.15, 0.2) is 5.78 Å². The second kappa shape index (κ2) is 4.72. The smallest absolute Gasteiger partial charge is 0.302 e. The van der Waals surface area contributed by atoms with Gasteiger partial charge >= 0.3 is 5.69 Å². The second-order valence-corrected chi connectivity index (χ2v) is 3.93. The molecule has 0 unspecified atom stereocenters. The van der Waals surface area contributed by atoms with Gasteiger partial charge in [-0.2, -0.15) is 5.26 Å². The number of Topliss-reactive ketones (excluding diaryl/α,β-unsaturated/α-hetero) is 1. The van der Waals surface area contributed by atoms with E-state index in [0.29, 0.717) is 11.1 Å². The SMILES string of the molecule is Cn1ccn(CC(=O)c2ccc(C#N)cc2)c1=O. The molecule has 0 spiro atoms. The largest absolute Gasteiger partial charge is 0.328 e. The second-order valence-electron chi connectivity index (χ2n) is 3.93. The van der Waals surface area contributed by atoms with E-state index in [4.69, 9.17) is 5.26 Å². The molecule has 0 aliphatic carbocycles. The Hall–Kier alpha value is -2.61. The zero-order valence-corrected chi connectivity index (χ0v) is 9.83. The third kappa shape index (κ3) is 2.23. The van der Waals surface area contributed by atoms with Gasteiger partial charge in [0.25, 0.3) is 0 Å². The average molecular weight is 241 g/mol. The summed E-state index contributed by atoms with van der Waals surface area (Å²) in [5, 5.41) is 8.66. The molecule has 1 aromatic carbocycles. The molecule has 0 amide bonds. The Morgan fingerprint density at radius 3 is 2.44 bits per heavy atom. The first kappa shape index (κ1) is 11.9. The van der Waals surface area contributed by atoms with Crippen LogP contribution in [0.3, 0.4) is 0 Å². The number of carbonyl (C=O) groups excluding carboxylic acids is 1. The van der Waals surface area contributed by atoms with E-state index in [-0.39, 0.29) is 18.0 Å². The Balaban J connectivity index is 2.20. The van der Waals surface area contributed by atoms with Crippen molar-refractivity contribution in [3.05, 3.63) is 58.3 Å². The third-order valence-electron chi connectivity index (χ3n) is 2.67. The number of nitriles is 1. The summed E-state index contributed by atoms with van der Waals surface area (Å²) in [5.74, 6) is -0.159. The van der Waals surface area contributed by atoms with Gasteiger partial charge in [0, 0.05) is 25.0 Å². The molecule has 0 saturated carbocycles. The Bertz CT molecular complexity index is 671. The zero-order valence-electron chi connectivity index (χ0n) is 9.83.